The van der Waals surface area contributed by atoms with E-state index in [0.29, 0.717) is 11.4 Å². The Balaban J connectivity index is 1.58. The molecule has 3 heterocycles. The summed E-state index contributed by atoms with van der Waals surface area (Å²) in [6.45, 7) is 2.61. The maximum atomic E-state index is 12.2. The average molecular weight is 331 g/mol. The van der Waals surface area contributed by atoms with Crippen LogP contribution in [0.25, 0.3) is 10.2 Å². The topological polar surface area (TPSA) is 81.0 Å². The predicted molar refractivity (Wildman–Crippen MR) is 89.7 cm³/mol. The third-order valence-electron chi connectivity index (χ3n) is 3.55. The fourth-order valence-electron chi connectivity index (χ4n) is 2.33. The van der Waals surface area contributed by atoms with Crippen molar-refractivity contribution in [3.8, 4) is 0 Å². The standard InChI is InChI=1S/C15H17N5O2S/c1-3-20-9-10(7-17-20)18-14(21)8-16-15(22)12-6-13-11(19(12)2)4-5-23-13/h4-7,9H,3,8H2,1-2H3,(H,16,22)(H,18,21). The number of hydrogen-bond donors (Lipinski definition) is 2. The third kappa shape index (κ3) is 3.11. The molecule has 3 aromatic heterocycles. The van der Waals surface area contributed by atoms with Gasteiger partial charge in [-0.15, -0.1) is 11.3 Å². The van der Waals surface area contributed by atoms with Crippen LogP contribution in [0.3, 0.4) is 0 Å². The summed E-state index contributed by atoms with van der Waals surface area (Å²) in [5.41, 5.74) is 2.17. The summed E-state index contributed by atoms with van der Waals surface area (Å²) >= 11 is 1.58. The van der Waals surface area contributed by atoms with Gasteiger partial charge in [0.1, 0.15) is 5.69 Å². The second-order valence-electron chi connectivity index (χ2n) is 5.07. The first-order valence-corrected chi connectivity index (χ1v) is 8.10. The lowest BCUT2D eigenvalue weighted by atomic mass is 10.4. The van der Waals surface area contributed by atoms with Crippen molar-refractivity contribution in [1.29, 1.82) is 0 Å². The molecule has 0 unspecified atom stereocenters. The van der Waals surface area contributed by atoms with E-state index < -0.39 is 0 Å². The number of fused-ring (bicyclic) bond motifs is 1. The van der Waals surface area contributed by atoms with E-state index in [4.69, 9.17) is 0 Å². The highest BCUT2D eigenvalue weighted by atomic mass is 32.1. The van der Waals surface area contributed by atoms with Gasteiger partial charge in [-0.3, -0.25) is 14.3 Å². The van der Waals surface area contributed by atoms with Gasteiger partial charge in [-0.2, -0.15) is 5.10 Å². The highest BCUT2D eigenvalue weighted by Gasteiger charge is 2.15. The Kier molecular flexibility index (Phi) is 4.16. The number of anilines is 1. The number of carbonyl (C=O) groups is 2. The zero-order valence-corrected chi connectivity index (χ0v) is 13.7. The number of nitrogens with one attached hydrogen (secondary N) is 2. The van der Waals surface area contributed by atoms with E-state index in [-0.39, 0.29) is 18.4 Å². The summed E-state index contributed by atoms with van der Waals surface area (Å²) in [6.07, 6.45) is 3.32. The Morgan fingerprint density at radius 3 is 2.91 bits per heavy atom. The Labute approximate surface area is 136 Å². The molecule has 0 atom stereocenters. The maximum Gasteiger partial charge on any atom is 0.268 e. The molecule has 0 saturated heterocycles. The summed E-state index contributed by atoms with van der Waals surface area (Å²) in [4.78, 5) is 24.1. The number of aryl methyl sites for hydroxylation is 2. The van der Waals surface area contributed by atoms with Gasteiger partial charge in [-0.1, -0.05) is 0 Å². The van der Waals surface area contributed by atoms with Crippen LogP contribution in [0.2, 0.25) is 0 Å². The van der Waals surface area contributed by atoms with Crippen LogP contribution in [0, 0.1) is 0 Å². The molecule has 0 spiro atoms. The molecule has 3 rings (SSSR count). The quantitative estimate of drug-likeness (QED) is 0.748. The second-order valence-corrected chi connectivity index (χ2v) is 6.02. The average Bonchev–Trinajstić information content (AvgIpc) is 3.23. The molecule has 23 heavy (non-hydrogen) atoms. The normalized spacial score (nSPS) is 10.9. The van der Waals surface area contributed by atoms with Crippen LogP contribution >= 0.6 is 11.3 Å². The van der Waals surface area contributed by atoms with Gasteiger partial charge >= 0.3 is 0 Å². The minimum Gasteiger partial charge on any atom is -0.342 e. The summed E-state index contributed by atoms with van der Waals surface area (Å²) in [6, 6.07) is 3.80. The number of rotatable bonds is 5. The van der Waals surface area contributed by atoms with E-state index in [0.717, 1.165) is 16.8 Å². The number of thiophene rings is 1. The van der Waals surface area contributed by atoms with Gasteiger partial charge in [0, 0.05) is 19.8 Å². The summed E-state index contributed by atoms with van der Waals surface area (Å²) in [5, 5.41) is 11.4. The van der Waals surface area contributed by atoms with Crippen molar-refractivity contribution in [2.75, 3.05) is 11.9 Å². The SMILES string of the molecule is CCn1cc(NC(=O)CNC(=O)c2cc3sccc3n2C)cn1. The van der Waals surface area contributed by atoms with Gasteiger partial charge in [-0.25, -0.2) is 0 Å². The Bertz CT molecular complexity index is 860. The van der Waals surface area contributed by atoms with Crippen molar-refractivity contribution in [3.05, 3.63) is 35.6 Å². The van der Waals surface area contributed by atoms with Crippen LogP contribution in [0.15, 0.2) is 29.9 Å². The van der Waals surface area contributed by atoms with Gasteiger partial charge in [0.05, 0.1) is 28.6 Å². The van der Waals surface area contributed by atoms with Crippen LogP contribution in [-0.4, -0.2) is 32.7 Å². The molecule has 7 nitrogen and oxygen atoms in total. The zero-order valence-electron chi connectivity index (χ0n) is 12.9. The fraction of sp³-hybridized carbons (Fsp3) is 0.267. The highest BCUT2D eigenvalue weighted by Crippen LogP contribution is 2.23. The molecule has 0 fully saturated rings. The smallest absolute Gasteiger partial charge is 0.268 e. The first-order valence-electron chi connectivity index (χ1n) is 7.22. The molecule has 2 amide bonds. The monoisotopic (exact) mass is 331 g/mol. The molecule has 0 radical (unpaired) electrons. The summed E-state index contributed by atoms with van der Waals surface area (Å²) < 4.78 is 4.59. The minimum absolute atomic E-state index is 0.0883. The zero-order chi connectivity index (χ0) is 16.4. The molecule has 0 aromatic carbocycles. The largest absolute Gasteiger partial charge is 0.342 e. The van der Waals surface area contributed by atoms with Crippen LogP contribution in [-0.2, 0) is 18.4 Å². The van der Waals surface area contributed by atoms with Gasteiger partial charge < -0.3 is 15.2 Å². The first kappa shape index (κ1) is 15.3. The lowest BCUT2D eigenvalue weighted by Crippen LogP contribution is -2.33. The van der Waals surface area contributed by atoms with Crippen molar-refractivity contribution >= 4 is 39.1 Å². The molecule has 0 aliphatic carbocycles. The first-order chi connectivity index (χ1) is 11.1. The predicted octanol–water partition coefficient (Wildman–Crippen LogP) is 1.82. The minimum atomic E-state index is -0.287. The van der Waals surface area contributed by atoms with Crippen molar-refractivity contribution in [2.45, 2.75) is 13.5 Å². The molecular weight excluding hydrogens is 314 g/mol. The lowest BCUT2D eigenvalue weighted by Gasteiger charge is -2.06. The van der Waals surface area contributed by atoms with Crippen LogP contribution in [0.5, 0.6) is 0 Å². The molecule has 2 N–H and O–H groups in total. The summed E-state index contributed by atoms with van der Waals surface area (Å²) in [5.74, 6) is -0.555. The van der Waals surface area contributed by atoms with Crippen molar-refractivity contribution < 1.29 is 9.59 Å². The van der Waals surface area contributed by atoms with E-state index in [1.807, 2.05) is 36.1 Å². The maximum absolute atomic E-state index is 12.2. The van der Waals surface area contributed by atoms with Crippen LogP contribution in [0.1, 0.15) is 17.4 Å². The highest BCUT2D eigenvalue weighted by molar-refractivity contribution is 7.17. The van der Waals surface area contributed by atoms with Gasteiger partial charge in [-0.05, 0) is 24.4 Å². The van der Waals surface area contributed by atoms with Gasteiger partial charge in [0.15, 0.2) is 0 Å². The number of carbonyl (C=O) groups excluding carboxylic acids is 2. The third-order valence-corrected chi connectivity index (χ3v) is 4.40. The second kappa shape index (κ2) is 6.25. The van der Waals surface area contributed by atoms with Gasteiger partial charge in [0.2, 0.25) is 5.91 Å². The fourth-order valence-corrected chi connectivity index (χ4v) is 3.17. The molecule has 0 bridgehead atoms. The Hall–Kier alpha value is -2.61. The molecule has 8 heteroatoms. The van der Waals surface area contributed by atoms with E-state index >= 15 is 0 Å². The number of amides is 2. The summed E-state index contributed by atoms with van der Waals surface area (Å²) in [7, 11) is 1.84. The molecule has 120 valence electrons. The molecule has 3 aromatic rings. The van der Waals surface area contributed by atoms with E-state index in [2.05, 4.69) is 15.7 Å². The van der Waals surface area contributed by atoms with E-state index in [1.54, 1.807) is 28.4 Å². The molecule has 0 aliphatic heterocycles. The number of nitrogens with zero attached hydrogens (tertiary/aromatic N) is 3. The van der Waals surface area contributed by atoms with Crippen LogP contribution in [0.4, 0.5) is 5.69 Å². The number of hydrogen-bond acceptors (Lipinski definition) is 4. The van der Waals surface area contributed by atoms with Crippen molar-refractivity contribution in [2.24, 2.45) is 7.05 Å². The van der Waals surface area contributed by atoms with Gasteiger partial charge in [0.25, 0.3) is 5.91 Å². The Morgan fingerprint density at radius 1 is 1.39 bits per heavy atom. The van der Waals surface area contributed by atoms with Crippen molar-refractivity contribution in [1.82, 2.24) is 19.7 Å². The van der Waals surface area contributed by atoms with E-state index in [1.165, 1.54) is 0 Å². The molecule has 0 aliphatic rings. The lowest BCUT2D eigenvalue weighted by molar-refractivity contribution is -0.115. The van der Waals surface area contributed by atoms with Crippen molar-refractivity contribution in [3.63, 3.8) is 0 Å². The Morgan fingerprint density at radius 2 is 2.22 bits per heavy atom. The molecular formula is C15H17N5O2S. The van der Waals surface area contributed by atoms with E-state index in [9.17, 15) is 9.59 Å². The molecule has 0 saturated carbocycles. The van der Waals surface area contributed by atoms with Crippen LogP contribution < -0.4 is 10.6 Å². The number of aromatic nitrogens is 3.